The van der Waals surface area contributed by atoms with Gasteiger partial charge < -0.3 is 10.6 Å². The number of rotatable bonds is 7. The molecule has 0 bridgehead atoms. The average molecular weight is 629 g/mol. The van der Waals surface area contributed by atoms with Crippen molar-refractivity contribution in [3.63, 3.8) is 0 Å². The SMILES string of the molecule is O=c1c(Br)cc2cnc(Nc3ccc(C4CCNCC4)cc3)nc2n1Cc1ccsc1S(=O)(=O)C1CCCC1. The molecule has 1 saturated heterocycles. The quantitative estimate of drug-likeness (QED) is 0.275. The maximum Gasteiger partial charge on any atom is 0.266 e. The standard InChI is InChI=1S/C28H30BrN5O3S2/c29-24-15-21-16-31-28(32-22-7-5-18(6-8-22)19-9-12-30-13-10-19)33-25(21)34(26(24)35)17-20-11-14-38-27(20)39(36,37)23-3-1-2-4-23/h5-8,11,14-16,19,23,30H,1-4,9-10,12-13,17H2,(H,31,32,33). The molecule has 39 heavy (non-hydrogen) atoms. The second-order valence-corrected chi connectivity index (χ2v) is 14.5. The molecule has 1 aliphatic heterocycles. The van der Waals surface area contributed by atoms with E-state index in [0.717, 1.165) is 44.5 Å². The first-order valence-corrected chi connectivity index (χ1v) is 16.6. The maximum absolute atomic E-state index is 13.4. The fraction of sp³-hybridized carbons (Fsp3) is 0.393. The van der Waals surface area contributed by atoms with E-state index in [2.05, 4.69) is 43.7 Å². The van der Waals surface area contributed by atoms with Gasteiger partial charge in [-0.05, 0) is 95.8 Å². The zero-order chi connectivity index (χ0) is 27.0. The highest BCUT2D eigenvalue weighted by Crippen LogP contribution is 2.34. The molecule has 11 heteroatoms. The Balaban J connectivity index is 1.31. The van der Waals surface area contributed by atoms with Crippen LogP contribution in [0.2, 0.25) is 0 Å². The Labute approximate surface area is 239 Å². The Morgan fingerprint density at radius 3 is 2.56 bits per heavy atom. The maximum atomic E-state index is 13.4. The molecular weight excluding hydrogens is 598 g/mol. The number of nitrogens with one attached hydrogen (secondary N) is 2. The van der Waals surface area contributed by atoms with E-state index in [1.807, 2.05) is 12.1 Å². The fourth-order valence-electron chi connectivity index (χ4n) is 5.66. The minimum Gasteiger partial charge on any atom is -0.324 e. The van der Waals surface area contributed by atoms with Crippen molar-refractivity contribution in [2.24, 2.45) is 0 Å². The van der Waals surface area contributed by atoms with Gasteiger partial charge in [-0.25, -0.2) is 13.4 Å². The summed E-state index contributed by atoms with van der Waals surface area (Å²) in [5, 5.41) is 8.80. The first-order chi connectivity index (χ1) is 18.9. The number of piperidine rings is 1. The van der Waals surface area contributed by atoms with Crippen LogP contribution in [0.15, 0.2) is 61.5 Å². The zero-order valence-corrected chi connectivity index (χ0v) is 24.6. The molecule has 0 amide bonds. The molecular formula is C28H30BrN5O3S2. The van der Waals surface area contributed by atoms with Crippen LogP contribution >= 0.6 is 27.3 Å². The Morgan fingerprint density at radius 1 is 1.08 bits per heavy atom. The van der Waals surface area contributed by atoms with Gasteiger partial charge in [-0.15, -0.1) is 11.3 Å². The molecule has 2 aliphatic rings. The number of benzene rings is 1. The summed E-state index contributed by atoms with van der Waals surface area (Å²) in [4.78, 5) is 22.4. The van der Waals surface area contributed by atoms with Gasteiger partial charge in [0.2, 0.25) is 5.95 Å². The summed E-state index contributed by atoms with van der Waals surface area (Å²) in [6, 6.07) is 11.9. The average Bonchev–Trinajstić information content (AvgIpc) is 3.66. The topological polar surface area (TPSA) is 106 Å². The lowest BCUT2D eigenvalue weighted by atomic mass is 9.90. The third-order valence-corrected chi connectivity index (χ3v) is 12.2. The summed E-state index contributed by atoms with van der Waals surface area (Å²) >= 11 is 4.60. The van der Waals surface area contributed by atoms with Crippen molar-refractivity contribution in [1.29, 1.82) is 0 Å². The number of aromatic nitrogens is 3. The van der Waals surface area contributed by atoms with Crippen LogP contribution in [-0.2, 0) is 16.4 Å². The predicted molar refractivity (Wildman–Crippen MR) is 159 cm³/mol. The number of hydrogen-bond donors (Lipinski definition) is 2. The van der Waals surface area contributed by atoms with Crippen molar-refractivity contribution in [3.8, 4) is 0 Å². The van der Waals surface area contributed by atoms with Gasteiger partial charge in [0.1, 0.15) is 9.86 Å². The van der Waals surface area contributed by atoms with Gasteiger partial charge in [0.15, 0.2) is 9.84 Å². The van der Waals surface area contributed by atoms with E-state index >= 15 is 0 Å². The van der Waals surface area contributed by atoms with Gasteiger partial charge >= 0.3 is 0 Å². The molecule has 4 aromatic rings. The van der Waals surface area contributed by atoms with Gasteiger partial charge in [0.25, 0.3) is 5.56 Å². The second kappa shape index (κ2) is 11.1. The minimum atomic E-state index is -3.44. The van der Waals surface area contributed by atoms with E-state index in [9.17, 15) is 13.2 Å². The smallest absolute Gasteiger partial charge is 0.266 e. The molecule has 0 spiro atoms. The number of nitrogens with zero attached hydrogens (tertiary/aromatic N) is 3. The van der Waals surface area contributed by atoms with E-state index in [4.69, 9.17) is 4.98 Å². The van der Waals surface area contributed by atoms with Crippen molar-refractivity contribution < 1.29 is 8.42 Å². The molecule has 1 aromatic carbocycles. The third-order valence-electron chi connectivity index (χ3n) is 7.80. The van der Waals surface area contributed by atoms with Crippen molar-refractivity contribution in [2.75, 3.05) is 18.4 Å². The summed E-state index contributed by atoms with van der Waals surface area (Å²) in [7, 11) is -3.44. The number of thiophene rings is 1. The predicted octanol–water partition coefficient (Wildman–Crippen LogP) is 5.59. The van der Waals surface area contributed by atoms with E-state index in [1.165, 1.54) is 21.5 Å². The van der Waals surface area contributed by atoms with Crippen LogP contribution in [0, 0.1) is 0 Å². The summed E-state index contributed by atoms with van der Waals surface area (Å²) in [5.41, 5.74) is 2.99. The van der Waals surface area contributed by atoms with E-state index in [0.29, 0.717) is 50.0 Å². The van der Waals surface area contributed by atoms with Gasteiger partial charge in [0.05, 0.1) is 16.3 Å². The number of anilines is 2. The molecule has 0 unspecified atom stereocenters. The van der Waals surface area contributed by atoms with Crippen LogP contribution in [0.3, 0.4) is 0 Å². The van der Waals surface area contributed by atoms with Crippen molar-refractivity contribution in [3.05, 3.63) is 73.9 Å². The van der Waals surface area contributed by atoms with Gasteiger partial charge in [-0.1, -0.05) is 25.0 Å². The Hall–Kier alpha value is -2.60. The number of sulfone groups is 1. The van der Waals surface area contributed by atoms with Crippen molar-refractivity contribution >= 4 is 59.8 Å². The van der Waals surface area contributed by atoms with Crippen molar-refractivity contribution in [1.82, 2.24) is 19.9 Å². The third kappa shape index (κ3) is 5.41. The van der Waals surface area contributed by atoms with Gasteiger partial charge in [-0.3, -0.25) is 9.36 Å². The summed E-state index contributed by atoms with van der Waals surface area (Å²) in [6.45, 7) is 2.21. The first-order valence-electron chi connectivity index (χ1n) is 13.3. The summed E-state index contributed by atoms with van der Waals surface area (Å²) in [6.07, 6.45) is 7.23. The van der Waals surface area contributed by atoms with Crippen LogP contribution in [0.25, 0.3) is 11.0 Å². The minimum absolute atomic E-state index is 0.112. The first kappa shape index (κ1) is 26.6. The lowest BCUT2D eigenvalue weighted by Crippen LogP contribution is -2.26. The Kier molecular flexibility index (Phi) is 7.58. The molecule has 2 N–H and O–H groups in total. The van der Waals surface area contributed by atoms with Crippen LogP contribution < -0.4 is 16.2 Å². The second-order valence-electron chi connectivity index (χ2n) is 10.3. The molecule has 1 saturated carbocycles. The molecule has 4 heterocycles. The zero-order valence-electron chi connectivity index (χ0n) is 21.4. The number of pyridine rings is 1. The number of fused-ring (bicyclic) bond motifs is 1. The Morgan fingerprint density at radius 2 is 1.82 bits per heavy atom. The molecule has 204 valence electrons. The number of hydrogen-bond acceptors (Lipinski definition) is 8. The highest BCUT2D eigenvalue weighted by Gasteiger charge is 2.33. The van der Waals surface area contributed by atoms with Crippen LogP contribution in [0.4, 0.5) is 11.6 Å². The monoisotopic (exact) mass is 627 g/mol. The van der Waals surface area contributed by atoms with E-state index in [-0.39, 0.29) is 17.4 Å². The molecule has 6 rings (SSSR count). The summed E-state index contributed by atoms with van der Waals surface area (Å²) < 4.78 is 29.0. The van der Waals surface area contributed by atoms with Crippen molar-refractivity contribution in [2.45, 2.75) is 60.4 Å². The molecule has 8 nitrogen and oxygen atoms in total. The lowest BCUT2D eigenvalue weighted by Gasteiger charge is -2.23. The highest BCUT2D eigenvalue weighted by atomic mass is 79.9. The fourth-order valence-corrected chi connectivity index (χ4v) is 9.63. The van der Waals surface area contributed by atoms with Crippen LogP contribution in [0.1, 0.15) is 55.6 Å². The molecule has 3 aromatic heterocycles. The molecule has 0 radical (unpaired) electrons. The van der Waals surface area contributed by atoms with Gasteiger partial charge in [0, 0.05) is 22.8 Å². The molecule has 1 aliphatic carbocycles. The summed E-state index contributed by atoms with van der Waals surface area (Å²) in [5.74, 6) is 0.946. The highest BCUT2D eigenvalue weighted by molar-refractivity contribution is 9.10. The molecule has 2 fully saturated rings. The normalized spacial score (nSPS) is 17.2. The van der Waals surface area contributed by atoms with Crippen LogP contribution in [0.5, 0.6) is 0 Å². The van der Waals surface area contributed by atoms with E-state index in [1.54, 1.807) is 23.7 Å². The molecule has 0 atom stereocenters. The lowest BCUT2D eigenvalue weighted by molar-refractivity contribution is 0.460. The Bertz CT molecular complexity index is 1660. The number of halogens is 1. The van der Waals surface area contributed by atoms with E-state index < -0.39 is 9.84 Å². The largest absolute Gasteiger partial charge is 0.324 e. The van der Waals surface area contributed by atoms with Gasteiger partial charge in [-0.2, -0.15) is 4.98 Å². The van der Waals surface area contributed by atoms with Crippen LogP contribution in [-0.4, -0.2) is 41.3 Å².